The summed E-state index contributed by atoms with van der Waals surface area (Å²) >= 11 is 1.61. The summed E-state index contributed by atoms with van der Waals surface area (Å²) < 4.78 is 0. The topological polar surface area (TPSA) is 63.8 Å². The van der Waals surface area contributed by atoms with E-state index in [9.17, 15) is 0 Å². The van der Waals surface area contributed by atoms with Crippen LogP contribution in [-0.2, 0) is 6.54 Å². The summed E-state index contributed by atoms with van der Waals surface area (Å²) in [6.45, 7) is 0.688. The Kier molecular flexibility index (Phi) is 2.60. The van der Waals surface area contributed by atoms with Crippen LogP contribution >= 0.6 is 11.3 Å². The smallest absolute Gasteiger partial charge is 0.146 e. The lowest BCUT2D eigenvalue weighted by molar-refractivity contribution is 1.10. The molecule has 2 aromatic heterocycles. The first-order valence-corrected chi connectivity index (χ1v) is 5.07. The van der Waals surface area contributed by atoms with Crippen molar-refractivity contribution in [3.63, 3.8) is 0 Å². The van der Waals surface area contributed by atoms with E-state index in [0.29, 0.717) is 12.4 Å². The van der Waals surface area contributed by atoms with Gasteiger partial charge in [-0.25, -0.2) is 9.97 Å². The van der Waals surface area contributed by atoms with Crippen LogP contribution in [0.4, 0.5) is 11.5 Å². The maximum atomic E-state index is 5.67. The SMILES string of the molecule is Nc1ncccc1NCc1nccs1. The lowest BCUT2D eigenvalue weighted by Crippen LogP contribution is -2.02. The van der Waals surface area contributed by atoms with Gasteiger partial charge in [-0.2, -0.15) is 0 Å². The lowest BCUT2D eigenvalue weighted by Gasteiger charge is -2.05. The number of nitrogens with two attached hydrogens (primary N) is 1. The Labute approximate surface area is 85.8 Å². The van der Waals surface area contributed by atoms with Gasteiger partial charge in [-0.05, 0) is 12.1 Å². The van der Waals surface area contributed by atoms with Gasteiger partial charge in [0.05, 0.1) is 12.2 Å². The molecule has 0 amide bonds. The zero-order valence-electron chi connectivity index (χ0n) is 7.47. The third-order valence-corrected chi connectivity index (χ3v) is 2.53. The fourth-order valence-electron chi connectivity index (χ4n) is 1.08. The third kappa shape index (κ3) is 2.00. The van der Waals surface area contributed by atoms with Crippen molar-refractivity contribution in [2.45, 2.75) is 6.54 Å². The molecular formula is C9H10N4S. The Morgan fingerprint density at radius 1 is 1.36 bits per heavy atom. The first-order valence-electron chi connectivity index (χ1n) is 4.19. The molecule has 14 heavy (non-hydrogen) atoms. The maximum absolute atomic E-state index is 5.67. The van der Waals surface area contributed by atoms with Crippen molar-refractivity contribution in [2.75, 3.05) is 11.1 Å². The summed E-state index contributed by atoms with van der Waals surface area (Å²) in [7, 11) is 0. The van der Waals surface area contributed by atoms with Gasteiger partial charge in [-0.15, -0.1) is 11.3 Å². The molecule has 5 heteroatoms. The summed E-state index contributed by atoms with van der Waals surface area (Å²) in [5.74, 6) is 0.518. The first kappa shape index (κ1) is 8.96. The van der Waals surface area contributed by atoms with Crippen LogP contribution in [0.3, 0.4) is 0 Å². The number of nitrogen functional groups attached to an aromatic ring is 1. The van der Waals surface area contributed by atoms with Crippen molar-refractivity contribution in [1.29, 1.82) is 0 Å². The van der Waals surface area contributed by atoms with Gasteiger partial charge in [0.15, 0.2) is 0 Å². The zero-order valence-corrected chi connectivity index (χ0v) is 8.29. The predicted molar refractivity (Wildman–Crippen MR) is 58.1 cm³/mol. The van der Waals surface area contributed by atoms with Crippen LogP contribution in [0, 0.1) is 0 Å². The summed E-state index contributed by atoms with van der Waals surface area (Å²) in [4.78, 5) is 8.13. The molecule has 4 nitrogen and oxygen atoms in total. The van der Waals surface area contributed by atoms with Gasteiger partial charge in [-0.1, -0.05) is 0 Å². The largest absolute Gasteiger partial charge is 0.382 e. The second-order valence-corrected chi connectivity index (χ2v) is 3.69. The number of pyridine rings is 1. The van der Waals surface area contributed by atoms with Crippen molar-refractivity contribution < 1.29 is 0 Å². The quantitative estimate of drug-likeness (QED) is 0.802. The highest BCUT2D eigenvalue weighted by atomic mass is 32.1. The fraction of sp³-hybridized carbons (Fsp3) is 0.111. The minimum absolute atomic E-state index is 0.518. The average molecular weight is 206 g/mol. The van der Waals surface area contributed by atoms with Gasteiger partial charge in [0.25, 0.3) is 0 Å². The van der Waals surface area contributed by atoms with Crippen LogP contribution in [0.5, 0.6) is 0 Å². The van der Waals surface area contributed by atoms with Gasteiger partial charge in [-0.3, -0.25) is 0 Å². The van der Waals surface area contributed by atoms with E-state index in [2.05, 4.69) is 15.3 Å². The molecule has 0 aromatic carbocycles. The normalized spacial score (nSPS) is 10.0. The Bertz CT molecular complexity index is 399. The van der Waals surface area contributed by atoms with Crippen molar-refractivity contribution in [2.24, 2.45) is 0 Å². The molecule has 2 heterocycles. The number of anilines is 2. The molecule has 0 aliphatic carbocycles. The minimum atomic E-state index is 0.518. The molecule has 0 aliphatic heterocycles. The van der Waals surface area contributed by atoms with E-state index >= 15 is 0 Å². The monoisotopic (exact) mass is 206 g/mol. The number of hydrogen-bond acceptors (Lipinski definition) is 5. The molecule has 0 saturated heterocycles. The average Bonchev–Trinajstić information content (AvgIpc) is 2.69. The number of thiazole rings is 1. The summed E-state index contributed by atoms with van der Waals surface area (Å²) in [6.07, 6.45) is 3.46. The van der Waals surface area contributed by atoms with E-state index in [1.54, 1.807) is 23.7 Å². The Morgan fingerprint density at radius 3 is 3.00 bits per heavy atom. The van der Waals surface area contributed by atoms with Crippen LogP contribution in [0.1, 0.15) is 5.01 Å². The number of rotatable bonds is 3. The van der Waals surface area contributed by atoms with E-state index < -0.39 is 0 Å². The highest BCUT2D eigenvalue weighted by Crippen LogP contribution is 2.15. The van der Waals surface area contributed by atoms with Crippen LogP contribution in [0.25, 0.3) is 0 Å². The molecule has 0 aliphatic rings. The number of nitrogens with zero attached hydrogens (tertiary/aromatic N) is 2. The molecule has 0 atom stereocenters. The first-order chi connectivity index (χ1) is 6.86. The number of aromatic nitrogens is 2. The number of nitrogens with one attached hydrogen (secondary N) is 1. The predicted octanol–water partition coefficient (Wildman–Crippen LogP) is 1.73. The van der Waals surface area contributed by atoms with Crippen molar-refractivity contribution in [3.8, 4) is 0 Å². The summed E-state index contributed by atoms with van der Waals surface area (Å²) in [6, 6.07) is 3.75. The Morgan fingerprint density at radius 2 is 2.29 bits per heavy atom. The molecule has 0 fully saturated rings. The Balaban J connectivity index is 2.02. The van der Waals surface area contributed by atoms with E-state index in [0.717, 1.165) is 10.7 Å². The molecule has 2 rings (SSSR count). The van der Waals surface area contributed by atoms with E-state index in [-0.39, 0.29) is 0 Å². The molecule has 2 aromatic rings. The standard InChI is InChI=1S/C9H10N4S/c10-9-7(2-1-3-12-9)13-6-8-11-4-5-14-8/h1-5,13H,6H2,(H2,10,12). The van der Waals surface area contributed by atoms with Gasteiger partial charge in [0.1, 0.15) is 10.8 Å². The molecular weight excluding hydrogens is 196 g/mol. The molecule has 72 valence electrons. The van der Waals surface area contributed by atoms with E-state index in [4.69, 9.17) is 5.73 Å². The third-order valence-electron chi connectivity index (χ3n) is 1.75. The van der Waals surface area contributed by atoms with Crippen LogP contribution in [-0.4, -0.2) is 9.97 Å². The lowest BCUT2D eigenvalue weighted by atomic mass is 10.4. The van der Waals surface area contributed by atoms with Gasteiger partial charge >= 0.3 is 0 Å². The Hall–Kier alpha value is -1.62. The van der Waals surface area contributed by atoms with Gasteiger partial charge in [0, 0.05) is 17.8 Å². The van der Waals surface area contributed by atoms with Crippen molar-refractivity contribution >= 4 is 22.8 Å². The second-order valence-electron chi connectivity index (χ2n) is 2.72. The molecule has 0 spiro atoms. The van der Waals surface area contributed by atoms with E-state index in [1.165, 1.54) is 0 Å². The molecule has 0 saturated carbocycles. The molecule has 3 N–H and O–H groups in total. The van der Waals surface area contributed by atoms with Crippen LogP contribution in [0.15, 0.2) is 29.9 Å². The molecule has 0 radical (unpaired) electrons. The highest BCUT2D eigenvalue weighted by Gasteiger charge is 1.99. The van der Waals surface area contributed by atoms with E-state index in [1.807, 2.05) is 17.5 Å². The minimum Gasteiger partial charge on any atom is -0.382 e. The highest BCUT2D eigenvalue weighted by molar-refractivity contribution is 7.09. The molecule has 0 unspecified atom stereocenters. The fourth-order valence-corrected chi connectivity index (χ4v) is 1.63. The maximum Gasteiger partial charge on any atom is 0.146 e. The summed E-state index contributed by atoms with van der Waals surface area (Å²) in [5, 5.41) is 6.16. The van der Waals surface area contributed by atoms with Crippen molar-refractivity contribution in [1.82, 2.24) is 9.97 Å². The molecule has 0 bridgehead atoms. The zero-order chi connectivity index (χ0) is 9.80. The summed E-state index contributed by atoms with van der Waals surface area (Å²) in [5.41, 5.74) is 6.52. The van der Waals surface area contributed by atoms with Crippen molar-refractivity contribution in [3.05, 3.63) is 34.9 Å². The van der Waals surface area contributed by atoms with Gasteiger partial charge < -0.3 is 11.1 Å². The van der Waals surface area contributed by atoms with Crippen LogP contribution in [0.2, 0.25) is 0 Å². The van der Waals surface area contributed by atoms with Crippen LogP contribution < -0.4 is 11.1 Å². The number of hydrogen-bond donors (Lipinski definition) is 2. The van der Waals surface area contributed by atoms with Gasteiger partial charge in [0.2, 0.25) is 0 Å². The second kappa shape index (κ2) is 4.06.